The third kappa shape index (κ3) is 5.45. The van der Waals surface area contributed by atoms with Gasteiger partial charge in [-0.1, -0.05) is 37.4 Å². The molecule has 31 heavy (non-hydrogen) atoms. The average Bonchev–Trinajstić information content (AvgIpc) is 3.00. The monoisotopic (exact) mass is 444 g/mol. The fourth-order valence-corrected chi connectivity index (χ4v) is 3.86. The van der Waals surface area contributed by atoms with Gasteiger partial charge in [-0.3, -0.25) is 9.59 Å². The smallest absolute Gasteiger partial charge is 0.312 e. The minimum atomic E-state index is -0.358. The first-order valence-electron chi connectivity index (χ1n) is 10.9. The Kier molecular flexibility index (Phi) is 8.63. The van der Waals surface area contributed by atoms with Crippen molar-refractivity contribution in [3.05, 3.63) is 50.7 Å². The lowest BCUT2D eigenvalue weighted by molar-refractivity contribution is -0.134. The van der Waals surface area contributed by atoms with Gasteiger partial charge in [-0.15, -0.1) is 0 Å². The lowest BCUT2D eigenvalue weighted by Crippen LogP contribution is -2.15. The van der Waals surface area contributed by atoms with E-state index in [1.54, 1.807) is 23.7 Å². The maximum absolute atomic E-state index is 13.7. The zero-order chi connectivity index (χ0) is 23.3. The molecular weight excluding hydrogens is 412 g/mol. The summed E-state index contributed by atoms with van der Waals surface area (Å²) in [7, 11) is 0. The van der Waals surface area contributed by atoms with Gasteiger partial charge in [0.1, 0.15) is 5.56 Å². The number of ketones is 1. The summed E-state index contributed by atoms with van der Waals surface area (Å²) in [6, 6.07) is 3.49. The lowest BCUT2D eigenvalue weighted by Gasteiger charge is -2.15. The summed E-state index contributed by atoms with van der Waals surface area (Å²) in [4.78, 5) is 26.0. The standard InChI is InChI=1S/C25H33ClN2O3/c1-8-10-14-28-25(31-21(29)11-9-2)23(18(7)27-28)24(30)19-12-13-20(26)22(17(19)6)16(5)15(3)4/h12-13H,8-11,14H2,1-7H3. The molecule has 0 saturated carbocycles. The molecule has 0 aliphatic carbocycles. The summed E-state index contributed by atoms with van der Waals surface area (Å²) in [6.45, 7) is 14.3. The van der Waals surface area contributed by atoms with Crippen molar-refractivity contribution < 1.29 is 14.3 Å². The van der Waals surface area contributed by atoms with Crippen LogP contribution in [-0.4, -0.2) is 21.5 Å². The van der Waals surface area contributed by atoms with Crippen LogP contribution >= 0.6 is 11.6 Å². The van der Waals surface area contributed by atoms with Crippen LogP contribution in [0.3, 0.4) is 0 Å². The molecule has 2 rings (SSSR count). The first kappa shape index (κ1) is 24.9. The van der Waals surface area contributed by atoms with Crippen LogP contribution in [0.1, 0.15) is 93.0 Å². The molecule has 0 saturated heterocycles. The second-order valence-electron chi connectivity index (χ2n) is 8.12. The van der Waals surface area contributed by atoms with Gasteiger partial charge in [-0.05, 0) is 76.3 Å². The number of esters is 1. The number of halogens is 1. The van der Waals surface area contributed by atoms with E-state index in [2.05, 4.69) is 12.0 Å². The second-order valence-corrected chi connectivity index (χ2v) is 8.52. The summed E-state index contributed by atoms with van der Waals surface area (Å²) >= 11 is 6.49. The maximum atomic E-state index is 13.7. The number of aryl methyl sites for hydroxylation is 2. The number of aromatic nitrogens is 2. The molecule has 0 unspecified atom stereocenters. The zero-order valence-electron chi connectivity index (χ0n) is 19.7. The van der Waals surface area contributed by atoms with Crippen LogP contribution in [0.25, 0.3) is 5.57 Å². The van der Waals surface area contributed by atoms with E-state index >= 15 is 0 Å². The SMILES string of the molecule is CCCCn1nc(C)c(C(=O)c2ccc(Cl)c(C(C)=C(C)C)c2C)c1OC(=O)CCC. The molecule has 0 spiro atoms. The van der Waals surface area contributed by atoms with Gasteiger partial charge in [0.15, 0.2) is 0 Å². The Morgan fingerprint density at radius 2 is 1.74 bits per heavy atom. The van der Waals surface area contributed by atoms with Crippen LogP contribution in [0.15, 0.2) is 17.7 Å². The fourth-order valence-electron chi connectivity index (χ4n) is 3.52. The molecule has 0 aliphatic heterocycles. The van der Waals surface area contributed by atoms with Gasteiger partial charge in [-0.2, -0.15) is 5.10 Å². The highest BCUT2D eigenvalue weighted by atomic mass is 35.5. The van der Waals surface area contributed by atoms with Crippen molar-refractivity contribution in [2.45, 2.75) is 80.7 Å². The average molecular weight is 445 g/mol. The van der Waals surface area contributed by atoms with Crippen LogP contribution < -0.4 is 4.74 Å². The molecule has 0 N–H and O–H groups in total. The molecule has 0 atom stereocenters. The number of carbonyl (C=O) groups is 2. The van der Waals surface area contributed by atoms with E-state index in [4.69, 9.17) is 16.3 Å². The largest absolute Gasteiger partial charge is 0.407 e. The number of allylic oxidation sites excluding steroid dienone is 2. The second kappa shape index (κ2) is 10.8. The molecule has 2 aromatic rings. The summed E-state index contributed by atoms with van der Waals surface area (Å²) in [5.74, 6) is -0.330. The molecule has 0 aliphatic rings. The van der Waals surface area contributed by atoms with Crippen molar-refractivity contribution in [2.75, 3.05) is 0 Å². The van der Waals surface area contributed by atoms with Crippen molar-refractivity contribution in [1.29, 1.82) is 0 Å². The molecule has 1 aromatic heterocycles. The number of rotatable bonds is 9. The highest BCUT2D eigenvalue weighted by Gasteiger charge is 2.28. The van der Waals surface area contributed by atoms with Crippen LogP contribution in [-0.2, 0) is 11.3 Å². The quantitative estimate of drug-likeness (QED) is 0.318. The fraction of sp³-hybridized carbons (Fsp3) is 0.480. The summed E-state index contributed by atoms with van der Waals surface area (Å²) < 4.78 is 7.31. The normalized spacial score (nSPS) is 10.8. The van der Waals surface area contributed by atoms with Crippen molar-refractivity contribution in [3.8, 4) is 5.88 Å². The highest BCUT2D eigenvalue weighted by molar-refractivity contribution is 6.33. The predicted octanol–water partition coefficient (Wildman–Crippen LogP) is 6.70. The minimum absolute atomic E-state index is 0.212. The van der Waals surface area contributed by atoms with Gasteiger partial charge in [-0.25, -0.2) is 4.68 Å². The van der Waals surface area contributed by atoms with Gasteiger partial charge >= 0.3 is 5.97 Å². The summed E-state index contributed by atoms with van der Waals surface area (Å²) in [6.07, 6.45) is 2.80. The summed E-state index contributed by atoms with van der Waals surface area (Å²) in [5, 5.41) is 5.13. The Labute approximate surface area is 190 Å². The van der Waals surface area contributed by atoms with Gasteiger partial charge in [0, 0.05) is 23.6 Å². The number of hydrogen-bond acceptors (Lipinski definition) is 4. The Morgan fingerprint density at radius 1 is 1.06 bits per heavy atom. The van der Waals surface area contributed by atoms with E-state index in [0.29, 0.717) is 34.8 Å². The third-order valence-electron chi connectivity index (χ3n) is 5.48. The third-order valence-corrected chi connectivity index (χ3v) is 5.79. The number of carbonyl (C=O) groups excluding carboxylic acids is 2. The van der Waals surface area contributed by atoms with E-state index in [1.165, 1.54) is 0 Å². The van der Waals surface area contributed by atoms with Gasteiger partial charge in [0.25, 0.3) is 0 Å². The van der Waals surface area contributed by atoms with Gasteiger partial charge in [0.05, 0.1) is 5.69 Å². The molecule has 0 radical (unpaired) electrons. The van der Waals surface area contributed by atoms with E-state index < -0.39 is 0 Å². The number of benzene rings is 1. The molecule has 5 nitrogen and oxygen atoms in total. The molecule has 168 valence electrons. The molecule has 0 fully saturated rings. The predicted molar refractivity (Wildman–Crippen MR) is 126 cm³/mol. The molecule has 1 aromatic carbocycles. The van der Waals surface area contributed by atoms with Crippen molar-refractivity contribution in [1.82, 2.24) is 9.78 Å². The van der Waals surface area contributed by atoms with Crippen molar-refractivity contribution in [3.63, 3.8) is 0 Å². The Morgan fingerprint density at radius 3 is 2.32 bits per heavy atom. The Hall–Kier alpha value is -2.40. The highest BCUT2D eigenvalue weighted by Crippen LogP contribution is 2.34. The van der Waals surface area contributed by atoms with E-state index in [1.807, 2.05) is 34.6 Å². The number of hydrogen-bond donors (Lipinski definition) is 0. The molecule has 1 heterocycles. The van der Waals surface area contributed by atoms with Crippen LogP contribution in [0.5, 0.6) is 5.88 Å². The van der Waals surface area contributed by atoms with Gasteiger partial charge < -0.3 is 4.74 Å². The number of ether oxygens (including phenoxy) is 1. The Bertz CT molecular complexity index is 1010. The minimum Gasteiger partial charge on any atom is -0.407 e. The molecular formula is C25H33ClN2O3. The number of nitrogens with zero attached hydrogens (tertiary/aromatic N) is 2. The topological polar surface area (TPSA) is 61.2 Å². The van der Waals surface area contributed by atoms with Gasteiger partial charge in [0.2, 0.25) is 11.7 Å². The molecule has 0 amide bonds. The first-order chi connectivity index (χ1) is 14.6. The number of unbranched alkanes of at least 4 members (excludes halogenated alkanes) is 1. The first-order valence-corrected chi connectivity index (χ1v) is 11.3. The summed E-state index contributed by atoms with van der Waals surface area (Å²) in [5.41, 5.74) is 5.28. The van der Waals surface area contributed by atoms with E-state index in [-0.39, 0.29) is 24.1 Å². The van der Waals surface area contributed by atoms with Crippen molar-refractivity contribution in [2.24, 2.45) is 0 Å². The zero-order valence-corrected chi connectivity index (χ0v) is 20.4. The maximum Gasteiger partial charge on any atom is 0.312 e. The molecule has 0 bridgehead atoms. The van der Waals surface area contributed by atoms with Crippen LogP contribution in [0.2, 0.25) is 5.02 Å². The van der Waals surface area contributed by atoms with E-state index in [9.17, 15) is 9.59 Å². The van der Waals surface area contributed by atoms with E-state index in [0.717, 1.165) is 35.1 Å². The Balaban J connectivity index is 2.64. The van der Waals surface area contributed by atoms with Crippen molar-refractivity contribution >= 4 is 28.9 Å². The van der Waals surface area contributed by atoms with Crippen LogP contribution in [0.4, 0.5) is 0 Å². The van der Waals surface area contributed by atoms with Crippen LogP contribution in [0, 0.1) is 13.8 Å². The molecule has 6 heteroatoms. The lowest BCUT2D eigenvalue weighted by atomic mass is 9.91.